The first-order chi connectivity index (χ1) is 13.9. The van der Waals surface area contributed by atoms with E-state index < -0.39 is 4.92 Å². The van der Waals surface area contributed by atoms with E-state index in [9.17, 15) is 14.9 Å². The fourth-order valence-corrected chi connectivity index (χ4v) is 3.18. The van der Waals surface area contributed by atoms with Crippen molar-refractivity contribution in [3.05, 3.63) is 76.0 Å². The van der Waals surface area contributed by atoms with Gasteiger partial charge >= 0.3 is 0 Å². The van der Waals surface area contributed by atoms with Gasteiger partial charge in [0.15, 0.2) is 5.76 Å². The van der Waals surface area contributed by atoms with Crippen LogP contribution in [0.1, 0.15) is 30.0 Å². The van der Waals surface area contributed by atoms with E-state index in [2.05, 4.69) is 24.1 Å². The van der Waals surface area contributed by atoms with Gasteiger partial charge in [-0.2, -0.15) is 0 Å². The van der Waals surface area contributed by atoms with Crippen LogP contribution in [0.4, 0.5) is 17.1 Å². The highest BCUT2D eigenvalue weighted by atomic mass is 16.6. The number of carbonyl (C=O) groups excluding carboxylic acids is 1. The number of non-ortho nitro benzene ring substituents is 1. The number of anilines is 2. The summed E-state index contributed by atoms with van der Waals surface area (Å²) in [4.78, 5) is 25.2. The Hall–Kier alpha value is -3.61. The first kappa shape index (κ1) is 20.1. The predicted molar refractivity (Wildman–Crippen MR) is 113 cm³/mol. The Balaban J connectivity index is 1.73. The average molecular weight is 393 g/mol. The number of nitrogens with zero attached hydrogens (tertiary/aromatic N) is 2. The van der Waals surface area contributed by atoms with Crippen molar-refractivity contribution < 1.29 is 14.1 Å². The molecule has 0 saturated heterocycles. The largest absolute Gasteiger partial charge is 0.451 e. The van der Waals surface area contributed by atoms with Gasteiger partial charge in [-0.3, -0.25) is 14.9 Å². The van der Waals surface area contributed by atoms with Gasteiger partial charge in [0, 0.05) is 42.2 Å². The minimum absolute atomic E-state index is 0.0175. The summed E-state index contributed by atoms with van der Waals surface area (Å²) in [5.41, 5.74) is 3.20. The minimum Gasteiger partial charge on any atom is -0.451 e. The smallest absolute Gasteiger partial charge is 0.291 e. The van der Waals surface area contributed by atoms with E-state index in [1.54, 1.807) is 25.1 Å². The van der Waals surface area contributed by atoms with Gasteiger partial charge in [-0.15, -0.1) is 0 Å². The number of nitrogens with one attached hydrogen (secondary N) is 1. The second kappa shape index (κ2) is 8.60. The Kier molecular flexibility index (Phi) is 5.97. The minimum atomic E-state index is -0.441. The van der Waals surface area contributed by atoms with Gasteiger partial charge in [-0.25, -0.2) is 0 Å². The first-order valence-corrected chi connectivity index (χ1v) is 9.44. The van der Waals surface area contributed by atoms with Gasteiger partial charge in [-0.05, 0) is 68.8 Å². The summed E-state index contributed by atoms with van der Waals surface area (Å²) in [6.07, 6.45) is 0. The number of carbonyl (C=O) groups is 1. The zero-order valence-corrected chi connectivity index (χ0v) is 16.6. The molecule has 0 atom stereocenters. The molecule has 3 rings (SSSR count). The van der Waals surface area contributed by atoms with Crippen molar-refractivity contribution in [3.8, 4) is 11.3 Å². The molecular formula is C22H23N3O4. The summed E-state index contributed by atoms with van der Waals surface area (Å²) in [6, 6.07) is 15.5. The Morgan fingerprint density at radius 3 is 2.34 bits per heavy atom. The van der Waals surface area contributed by atoms with Crippen molar-refractivity contribution in [2.75, 3.05) is 23.3 Å². The SMILES string of the molecule is CCN(CC)c1ccc(NC(=O)c2ccc(-c3ccc([N+](=O)[O-])cc3C)o2)cc1. The maximum Gasteiger partial charge on any atom is 0.291 e. The molecule has 0 bridgehead atoms. The van der Waals surface area contributed by atoms with Crippen molar-refractivity contribution in [1.82, 2.24) is 0 Å². The highest BCUT2D eigenvalue weighted by Gasteiger charge is 2.16. The molecule has 7 nitrogen and oxygen atoms in total. The number of hydrogen-bond donors (Lipinski definition) is 1. The Morgan fingerprint density at radius 2 is 1.76 bits per heavy atom. The first-order valence-electron chi connectivity index (χ1n) is 9.44. The van der Waals surface area contributed by atoms with Crippen LogP contribution in [0, 0.1) is 17.0 Å². The van der Waals surface area contributed by atoms with Crippen LogP contribution in [-0.4, -0.2) is 23.9 Å². The lowest BCUT2D eigenvalue weighted by Crippen LogP contribution is -2.21. The molecule has 2 aromatic carbocycles. The number of rotatable bonds is 7. The molecule has 0 radical (unpaired) electrons. The third-order valence-electron chi connectivity index (χ3n) is 4.77. The lowest BCUT2D eigenvalue weighted by molar-refractivity contribution is -0.384. The molecule has 29 heavy (non-hydrogen) atoms. The summed E-state index contributed by atoms with van der Waals surface area (Å²) in [5, 5.41) is 13.7. The van der Waals surface area contributed by atoms with E-state index in [0.29, 0.717) is 22.6 Å². The van der Waals surface area contributed by atoms with Gasteiger partial charge in [0.05, 0.1) is 4.92 Å². The molecule has 3 aromatic rings. The standard InChI is InChI=1S/C22H23N3O4/c1-4-24(5-2)17-8-6-16(7-9-17)23-22(26)21-13-12-20(29-21)19-11-10-18(25(27)28)14-15(19)3/h6-14H,4-5H2,1-3H3,(H,23,26). The Morgan fingerprint density at radius 1 is 1.07 bits per heavy atom. The van der Waals surface area contributed by atoms with Gasteiger partial charge in [0.2, 0.25) is 0 Å². The van der Waals surface area contributed by atoms with Gasteiger partial charge in [-0.1, -0.05) is 0 Å². The number of hydrogen-bond acceptors (Lipinski definition) is 5. The van der Waals surface area contributed by atoms with Gasteiger partial charge in [0.1, 0.15) is 5.76 Å². The van der Waals surface area contributed by atoms with Gasteiger partial charge < -0.3 is 14.6 Å². The highest BCUT2D eigenvalue weighted by molar-refractivity contribution is 6.02. The van der Waals surface area contributed by atoms with Crippen molar-refractivity contribution in [2.45, 2.75) is 20.8 Å². The van der Waals surface area contributed by atoms with Crippen LogP contribution in [0.3, 0.4) is 0 Å². The van der Waals surface area contributed by atoms with Crippen molar-refractivity contribution in [1.29, 1.82) is 0 Å². The molecule has 0 aliphatic heterocycles. The summed E-state index contributed by atoms with van der Waals surface area (Å²) >= 11 is 0. The zero-order chi connectivity index (χ0) is 21.0. The summed E-state index contributed by atoms with van der Waals surface area (Å²) in [6.45, 7) is 7.79. The molecule has 0 fully saturated rings. The predicted octanol–water partition coefficient (Wildman–Crippen LogP) is 5.26. The fraction of sp³-hybridized carbons (Fsp3) is 0.227. The van der Waals surface area contributed by atoms with Crippen molar-refractivity contribution >= 4 is 23.0 Å². The number of nitro groups is 1. The normalized spacial score (nSPS) is 10.6. The molecule has 0 unspecified atom stereocenters. The van der Waals surface area contributed by atoms with Crippen LogP contribution in [-0.2, 0) is 0 Å². The van der Waals surface area contributed by atoms with Crippen LogP contribution in [0.15, 0.2) is 59.0 Å². The summed E-state index contributed by atoms with van der Waals surface area (Å²) < 4.78 is 5.69. The molecule has 1 heterocycles. The number of amides is 1. The molecule has 0 saturated carbocycles. The molecule has 1 N–H and O–H groups in total. The zero-order valence-electron chi connectivity index (χ0n) is 16.6. The second-order valence-corrected chi connectivity index (χ2v) is 6.59. The van der Waals surface area contributed by atoms with E-state index in [-0.39, 0.29) is 17.4 Å². The monoisotopic (exact) mass is 393 g/mol. The molecule has 0 spiro atoms. The average Bonchev–Trinajstić information content (AvgIpc) is 3.20. The van der Waals surface area contributed by atoms with Crippen molar-refractivity contribution in [2.24, 2.45) is 0 Å². The summed E-state index contributed by atoms with van der Waals surface area (Å²) in [5.74, 6) is 0.302. The number of benzene rings is 2. The molecule has 0 aliphatic rings. The lowest BCUT2D eigenvalue weighted by atomic mass is 10.1. The highest BCUT2D eigenvalue weighted by Crippen LogP contribution is 2.29. The molecule has 0 aliphatic carbocycles. The topological polar surface area (TPSA) is 88.6 Å². The molecule has 150 valence electrons. The number of nitro benzene ring substituents is 1. The second-order valence-electron chi connectivity index (χ2n) is 6.59. The van der Waals surface area contributed by atoms with Crippen LogP contribution in [0.5, 0.6) is 0 Å². The van der Waals surface area contributed by atoms with Crippen LogP contribution >= 0.6 is 0 Å². The van der Waals surface area contributed by atoms with Gasteiger partial charge in [0.25, 0.3) is 11.6 Å². The van der Waals surface area contributed by atoms with Crippen molar-refractivity contribution in [3.63, 3.8) is 0 Å². The Bertz CT molecular complexity index is 1020. The van der Waals surface area contributed by atoms with Crippen LogP contribution in [0.25, 0.3) is 11.3 Å². The fourth-order valence-electron chi connectivity index (χ4n) is 3.18. The maximum atomic E-state index is 12.5. The summed E-state index contributed by atoms with van der Waals surface area (Å²) in [7, 11) is 0. The molecule has 1 aromatic heterocycles. The van der Waals surface area contributed by atoms with E-state index in [1.807, 2.05) is 24.3 Å². The quantitative estimate of drug-likeness (QED) is 0.437. The van der Waals surface area contributed by atoms with E-state index >= 15 is 0 Å². The van der Waals surface area contributed by atoms with Crippen LogP contribution in [0.2, 0.25) is 0 Å². The molecule has 1 amide bonds. The number of aryl methyl sites for hydroxylation is 1. The lowest BCUT2D eigenvalue weighted by Gasteiger charge is -2.21. The third-order valence-corrected chi connectivity index (χ3v) is 4.77. The Labute approximate surface area is 169 Å². The van der Waals surface area contributed by atoms with E-state index in [0.717, 1.165) is 18.8 Å². The third kappa shape index (κ3) is 4.45. The molecule has 7 heteroatoms. The van der Waals surface area contributed by atoms with E-state index in [1.165, 1.54) is 12.1 Å². The van der Waals surface area contributed by atoms with Crippen LogP contribution < -0.4 is 10.2 Å². The maximum absolute atomic E-state index is 12.5. The number of furan rings is 1. The van der Waals surface area contributed by atoms with E-state index in [4.69, 9.17) is 4.42 Å². The molecular weight excluding hydrogens is 370 g/mol.